The zero-order valence-corrected chi connectivity index (χ0v) is 3.47. The summed E-state index contributed by atoms with van der Waals surface area (Å²) in [5, 5.41) is 16.9. The molecule has 0 aliphatic rings. The van der Waals surface area contributed by atoms with Gasteiger partial charge in [0, 0.05) is 4.11 Å². The third-order valence-electron chi connectivity index (χ3n) is 0.273. The molecular formula is C4H10O2. The molecule has 0 radical (unpaired) electrons. The number of hydrogen-bond acceptors (Lipinski definition) is 2. The van der Waals surface area contributed by atoms with Gasteiger partial charge in [-0.1, -0.05) is 13.3 Å². The summed E-state index contributed by atoms with van der Waals surface area (Å²) in [6.07, 6.45) is -7.15. The topological polar surface area (TPSA) is 40.5 Å². The third kappa shape index (κ3) is 3.92. The van der Waals surface area contributed by atoms with Crippen LogP contribution in [0.15, 0.2) is 0 Å². The maximum Gasteiger partial charge on any atom is 0.151 e. The van der Waals surface area contributed by atoms with Gasteiger partial charge in [0.05, 0.1) is 1.37 Å². The van der Waals surface area contributed by atoms with E-state index < -0.39 is 19.0 Å². The van der Waals surface area contributed by atoms with E-state index in [1.54, 1.807) is 0 Å². The van der Waals surface area contributed by atoms with E-state index in [2.05, 4.69) is 0 Å². The summed E-state index contributed by atoms with van der Waals surface area (Å²) in [4.78, 5) is 0. The zero-order chi connectivity index (χ0) is 8.58. The molecule has 2 nitrogen and oxygen atoms in total. The van der Waals surface area contributed by atoms with Crippen molar-refractivity contribution in [2.45, 2.75) is 26.0 Å². The Labute approximate surface area is 43.0 Å². The predicted octanol–water partition coefficient (Wildman–Crippen LogP) is 0.0972. The Morgan fingerprint density at radius 1 is 2.00 bits per heavy atom. The van der Waals surface area contributed by atoms with Crippen molar-refractivity contribution >= 4 is 0 Å². The molecule has 0 aliphatic carbocycles. The van der Waals surface area contributed by atoms with Crippen molar-refractivity contribution in [3.05, 3.63) is 0 Å². The summed E-state index contributed by atoms with van der Waals surface area (Å²) in [5.74, 6) is 0. The molecule has 0 aromatic carbocycles. The Hall–Kier alpha value is -0.0800. The van der Waals surface area contributed by atoms with Crippen LogP contribution in [0.4, 0.5) is 0 Å². The smallest absolute Gasteiger partial charge is 0.151 e. The lowest BCUT2D eigenvalue weighted by Crippen LogP contribution is -2.01. The first-order valence-corrected chi connectivity index (χ1v) is 1.56. The number of aliphatic hydroxyl groups is 2. The van der Waals surface area contributed by atoms with Crippen LogP contribution in [0.1, 0.15) is 25.2 Å². The third-order valence-corrected chi connectivity index (χ3v) is 0.273. The van der Waals surface area contributed by atoms with Crippen molar-refractivity contribution < 1.29 is 15.7 Å². The molecular weight excluding hydrogens is 80.0 g/mol. The summed E-state index contributed by atoms with van der Waals surface area (Å²) in [6.45, 7) is 1.15. The summed E-state index contributed by atoms with van der Waals surface area (Å²) < 4.78 is 27.0. The maximum atomic E-state index is 8.44. The number of rotatable bonds is 2. The summed E-state index contributed by atoms with van der Waals surface area (Å²) in [6, 6.07) is 0. The lowest BCUT2D eigenvalue weighted by molar-refractivity contribution is -0.0453. The van der Waals surface area contributed by atoms with E-state index in [9.17, 15) is 0 Å². The molecule has 0 rings (SSSR count). The molecule has 1 atom stereocenters. The maximum absolute atomic E-state index is 8.44. The molecule has 0 heterocycles. The molecule has 0 aromatic rings. The Balaban J connectivity index is 4.40. The zero-order valence-electron chi connectivity index (χ0n) is 7.47. The summed E-state index contributed by atoms with van der Waals surface area (Å²) in [5.41, 5.74) is 0. The van der Waals surface area contributed by atoms with Gasteiger partial charge in [0.25, 0.3) is 0 Å². The molecule has 0 spiro atoms. The lowest BCUT2D eigenvalue weighted by atomic mass is 10.3. The summed E-state index contributed by atoms with van der Waals surface area (Å²) >= 11 is 0. The monoisotopic (exact) mass is 94.1 g/mol. The second kappa shape index (κ2) is 3.12. The van der Waals surface area contributed by atoms with E-state index in [-0.39, 0.29) is 0 Å². The minimum Gasteiger partial charge on any atom is -0.368 e. The molecule has 2 heteroatoms. The van der Waals surface area contributed by atoms with Crippen LogP contribution in [-0.2, 0) is 0 Å². The molecule has 0 aromatic heterocycles. The molecule has 0 amide bonds. The normalized spacial score (nSPS) is 29.2. The minimum absolute atomic E-state index is 1.15. The van der Waals surface area contributed by atoms with Gasteiger partial charge in [-0.3, -0.25) is 0 Å². The average molecular weight is 94.1 g/mol. The van der Waals surface area contributed by atoms with Crippen molar-refractivity contribution in [3.63, 3.8) is 0 Å². The van der Waals surface area contributed by atoms with E-state index in [1.807, 2.05) is 0 Å². The second-order valence-electron chi connectivity index (χ2n) is 0.757. The average Bonchev–Trinajstić information content (AvgIpc) is 1.62. The first kappa shape index (κ1) is 1.80. The molecule has 6 heavy (non-hydrogen) atoms. The van der Waals surface area contributed by atoms with E-state index in [1.165, 1.54) is 0 Å². The Morgan fingerprint density at radius 2 is 2.50 bits per heavy atom. The molecule has 38 valence electrons. The van der Waals surface area contributed by atoms with E-state index >= 15 is 0 Å². The van der Waals surface area contributed by atoms with E-state index in [0.29, 0.717) is 0 Å². The van der Waals surface area contributed by atoms with Gasteiger partial charge in [0.15, 0.2) is 6.27 Å². The molecule has 2 N–H and O–H groups in total. The van der Waals surface area contributed by atoms with Crippen LogP contribution < -0.4 is 0 Å². The van der Waals surface area contributed by atoms with Gasteiger partial charge in [-0.15, -0.1) is 0 Å². The van der Waals surface area contributed by atoms with Crippen molar-refractivity contribution in [2.24, 2.45) is 0 Å². The van der Waals surface area contributed by atoms with Gasteiger partial charge >= 0.3 is 0 Å². The van der Waals surface area contributed by atoms with Crippen LogP contribution >= 0.6 is 0 Å². The molecule has 0 fully saturated rings. The van der Waals surface area contributed by atoms with Crippen LogP contribution in [0.3, 0.4) is 0 Å². The first-order valence-electron chi connectivity index (χ1n) is 3.64. The summed E-state index contributed by atoms with van der Waals surface area (Å²) in [7, 11) is 0. The lowest BCUT2D eigenvalue weighted by Gasteiger charge is -1.94. The molecule has 0 saturated heterocycles. The quantitative estimate of drug-likeness (QED) is 0.476. The Kier molecular flexibility index (Phi) is 0.938. The van der Waals surface area contributed by atoms with Gasteiger partial charge in [0.2, 0.25) is 0 Å². The second-order valence-corrected chi connectivity index (χ2v) is 0.757. The largest absolute Gasteiger partial charge is 0.368 e. The van der Waals surface area contributed by atoms with Crippen LogP contribution in [-0.4, -0.2) is 16.5 Å². The van der Waals surface area contributed by atoms with Crippen molar-refractivity contribution in [1.82, 2.24) is 0 Å². The highest BCUT2D eigenvalue weighted by atomic mass is 16.5. The van der Waals surface area contributed by atoms with Crippen molar-refractivity contribution in [1.29, 1.82) is 0 Å². The van der Waals surface area contributed by atoms with Crippen LogP contribution in [0.25, 0.3) is 0 Å². The van der Waals surface area contributed by atoms with E-state index in [0.717, 1.165) is 6.92 Å². The standard InChI is InChI=1S/C4H10O2/c1-2-3-4(5)6/h4-6H,2-3H2,1H3/i2D,3D2,4D. The fourth-order valence-corrected chi connectivity index (χ4v) is 0.129. The van der Waals surface area contributed by atoms with Gasteiger partial charge in [0.1, 0.15) is 0 Å². The highest BCUT2D eigenvalue weighted by molar-refractivity contribution is 4.31. The fraction of sp³-hybridized carbons (Fsp3) is 1.00. The molecule has 0 saturated carbocycles. The SMILES string of the molecule is [2H]C(C)C([2H])([2H])C([2H])(O)O. The molecule has 0 aliphatic heterocycles. The van der Waals surface area contributed by atoms with Crippen molar-refractivity contribution in [3.8, 4) is 0 Å². The van der Waals surface area contributed by atoms with E-state index in [4.69, 9.17) is 15.7 Å². The highest BCUT2D eigenvalue weighted by Crippen LogP contribution is 1.88. The fourth-order valence-electron chi connectivity index (χ4n) is 0.129. The van der Waals surface area contributed by atoms with Gasteiger partial charge in [-0.05, 0) is 6.37 Å². The Morgan fingerprint density at radius 3 is 2.50 bits per heavy atom. The van der Waals surface area contributed by atoms with Gasteiger partial charge < -0.3 is 10.2 Å². The molecule has 0 bridgehead atoms. The van der Waals surface area contributed by atoms with Gasteiger partial charge in [-0.2, -0.15) is 0 Å². The highest BCUT2D eigenvalue weighted by Gasteiger charge is 1.89. The minimum atomic E-state index is -3.19. The predicted molar refractivity (Wildman–Crippen MR) is 23.1 cm³/mol. The van der Waals surface area contributed by atoms with Crippen LogP contribution in [0.2, 0.25) is 0 Å². The number of hydrogen-bond donors (Lipinski definition) is 2. The van der Waals surface area contributed by atoms with Crippen LogP contribution in [0, 0.1) is 0 Å². The van der Waals surface area contributed by atoms with Crippen molar-refractivity contribution in [2.75, 3.05) is 0 Å². The molecule has 1 unspecified atom stereocenters. The van der Waals surface area contributed by atoms with Gasteiger partial charge in [-0.25, -0.2) is 0 Å². The Bertz CT molecular complexity index is 117. The first-order chi connectivity index (χ1) is 4.19. The van der Waals surface area contributed by atoms with Crippen LogP contribution in [0.5, 0.6) is 0 Å².